The number of aromatic carboxylic acids is 1. The summed E-state index contributed by atoms with van der Waals surface area (Å²) < 4.78 is 13.1. The number of aromatic nitrogens is 1. The molecule has 1 fully saturated rings. The Balaban J connectivity index is 1.95. The molecule has 1 N–H and O–H groups in total. The topological polar surface area (TPSA) is 98.1 Å². The summed E-state index contributed by atoms with van der Waals surface area (Å²) in [5.41, 5.74) is -0.0957. The zero-order valence-electron chi connectivity index (χ0n) is 21.4. The van der Waals surface area contributed by atoms with Crippen LogP contribution in [0.2, 0.25) is 0 Å². The van der Waals surface area contributed by atoms with Crippen molar-refractivity contribution >= 4 is 39.7 Å². The first-order valence-electron chi connectivity index (χ1n) is 11.7. The average molecular weight is 493 g/mol. The zero-order chi connectivity index (χ0) is 25.6. The first-order valence-corrected chi connectivity index (χ1v) is 12.5. The molecule has 0 spiro atoms. The molecule has 188 valence electrons. The lowest BCUT2D eigenvalue weighted by Crippen LogP contribution is -2.41. The molecule has 2 aromatic rings. The molecule has 9 heteroatoms. The van der Waals surface area contributed by atoms with E-state index in [9.17, 15) is 19.5 Å². The van der Waals surface area contributed by atoms with E-state index in [0.29, 0.717) is 24.2 Å². The summed E-state index contributed by atoms with van der Waals surface area (Å²) in [6.07, 6.45) is 0.563. The van der Waals surface area contributed by atoms with Gasteiger partial charge in [0.2, 0.25) is 0 Å². The van der Waals surface area contributed by atoms with Crippen LogP contribution in [0.25, 0.3) is 10.2 Å². The van der Waals surface area contributed by atoms with Crippen molar-refractivity contribution in [3.05, 3.63) is 22.2 Å². The Morgan fingerprint density at radius 1 is 1.00 bits per heavy atom. The summed E-state index contributed by atoms with van der Waals surface area (Å²) in [5, 5.41) is 9.97. The van der Waals surface area contributed by atoms with Crippen LogP contribution in [0.3, 0.4) is 0 Å². The summed E-state index contributed by atoms with van der Waals surface area (Å²) >= 11 is 1.54. The second-order valence-electron chi connectivity index (χ2n) is 11.1. The summed E-state index contributed by atoms with van der Waals surface area (Å²) in [4.78, 5) is 40.5. The van der Waals surface area contributed by atoms with Gasteiger partial charge in [-0.25, -0.2) is 19.0 Å². The van der Waals surface area contributed by atoms with Crippen LogP contribution < -0.4 is 0 Å². The standard InChI is InChI=1S/C25H36N2O6S/c1-14(2)18-19(21(28)29)27(23(31)33-25(6,7)8)16-13-17(34-20(16)18)15-9-11-26(12-10-15)22(30)32-24(3,4)5/h13-15H,9-12H2,1-8H3,(H,28,29). The molecule has 34 heavy (non-hydrogen) atoms. The van der Waals surface area contributed by atoms with Gasteiger partial charge in [-0.2, -0.15) is 0 Å². The molecule has 0 bridgehead atoms. The zero-order valence-corrected chi connectivity index (χ0v) is 22.2. The highest BCUT2D eigenvalue weighted by atomic mass is 32.1. The predicted molar refractivity (Wildman–Crippen MR) is 132 cm³/mol. The summed E-state index contributed by atoms with van der Waals surface area (Å²) in [6, 6.07) is 1.93. The molecule has 3 rings (SSSR count). The number of carboxylic acids is 1. The van der Waals surface area contributed by atoms with Crippen molar-refractivity contribution < 1.29 is 29.0 Å². The molecule has 0 radical (unpaired) electrons. The third kappa shape index (κ3) is 5.56. The van der Waals surface area contributed by atoms with Crippen LogP contribution in [0.5, 0.6) is 0 Å². The Morgan fingerprint density at radius 3 is 2.00 bits per heavy atom. The number of hydrogen-bond donors (Lipinski definition) is 1. The molecule has 1 aliphatic heterocycles. The molecule has 1 aliphatic rings. The van der Waals surface area contributed by atoms with Gasteiger partial charge in [-0.3, -0.25) is 0 Å². The van der Waals surface area contributed by atoms with Crippen LogP contribution in [0, 0.1) is 0 Å². The van der Waals surface area contributed by atoms with Crippen LogP contribution >= 0.6 is 11.3 Å². The number of likely N-dealkylation sites (tertiary alicyclic amines) is 1. The van der Waals surface area contributed by atoms with Crippen molar-refractivity contribution in [2.24, 2.45) is 0 Å². The highest BCUT2D eigenvalue weighted by Crippen LogP contribution is 2.42. The van der Waals surface area contributed by atoms with E-state index in [1.54, 1.807) is 25.7 Å². The molecule has 0 aromatic carbocycles. The number of hydrogen-bond acceptors (Lipinski definition) is 6. The lowest BCUT2D eigenvalue weighted by atomic mass is 9.95. The number of carbonyl (C=O) groups is 3. The largest absolute Gasteiger partial charge is 0.477 e. The quantitative estimate of drug-likeness (QED) is 0.531. The third-order valence-electron chi connectivity index (χ3n) is 5.60. The number of fused-ring (bicyclic) bond motifs is 1. The van der Waals surface area contributed by atoms with E-state index in [1.165, 1.54) is 15.9 Å². The van der Waals surface area contributed by atoms with Crippen molar-refractivity contribution in [2.75, 3.05) is 13.1 Å². The second-order valence-corrected chi connectivity index (χ2v) is 12.2. The van der Waals surface area contributed by atoms with Crippen LogP contribution in [0.15, 0.2) is 6.07 Å². The molecular formula is C25H36N2O6S. The maximum atomic E-state index is 13.1. The maximum absolute atomic E-state index is 13.1. The van der Waals surface area contributed by atoms with Crippen molar-refractivity contribution in [3.8, 4) is 0 Å². The molecular weight excluding hydrogens is 456 g/mol. The van der Waals surface area contributed by atoms with Gasteiger partial charge in [0, 0.05) is 23.5 Å². The fourth-order valence-corrected chi connectivity index (χ4v) is 5.73. The Kier molecular flexibility index (Phi) is 7.09. The van der Waals surface area contributed by atoms with E-state index in [-0.39, 0.29) is 23.6 Å². The Bertz CT molecular complexity index is 1090. The van der Waals surface area contributed by atoms with Crippen LogP contribution in [-0.2, 0) is 9.47 Å². The number of nitrogens with zero attached hydrogens (tertiary/aromatic N) is 2. The third-order valence-corrected chi connectivity index (χ3v) is 6.92. The first kappa shape index (κ1) is 26.1. The number of thiophene rings is 1. The average Bonchev–Trinajstić information content (AvgIpc) is 3.21. The molecule has 0 saturated carbocycles. The van der Waals surface area contributed by atoms with E-state index in [1.807, 2.05) is 40.7 Å². The number of piperidine rings is 1. The van der Waals surface area contributed by atoms with Crippen molar-refractivity contribution in [1.29, 1.82) is 0 Å². The molecule has 2 aromatic heterocycles. The normalized spacial score (nSPS) is 15.7. The van der Waals surface area contributed by atoms with Gasteiger partial charge in [-0.1, -0.05) is 13.8 Å². The monoisotopic (exact) mass is 492 g/mol. The van der Waals surface area contributed by atoms with Gasteiger partial charge >= 0.3 is 18.2 Å². The summed E-state index contributed by atoms with van der Waals surface area (Å²) in [6.45, 7) is 15.9. The molecule has 1 amide bonds. The lowest BCUT2D eigenvalue weighted by Gasteiger charge is -2.33. The minimum atomic E-state index is -1.15. The van der Waals surface area contributed by atoms with Crippen LogP contribution in [0.4, 0.5) is 9.59 Å². The van der Waals surface area contributed by atoms with Gasteiger partial charge in [0.1, 0.15) is 16.9 Å². The SMILES string of the molecule is CC(C)c1c(C(=O)O)n(C(=O)OC(C)(C)C)c2cc(C3CCN(C(=O)OC(C)(C)C)CC3)sc12. The molecule has 1 saturated heterocycles. The summed E-state index contributed by atoms with van der Waals surface area (Å²) in [5.74, 6) is -1.01. The number of carboxylic acid groups (broad SMARTS) is 1. The lowest BCUT2D eigenvalue weighted by molar-refractivity contribution is 0.0205. The number of amides is 1. The Hall–Kier alpha value is -2.55. The number of carbonyl (C=O) groups excluding carboxylic acids is 2. The van der Waals surface area contributed by atoms with Gasteiger partial charge in [-0.05, 0) is 72.3 Å². The van der Waals surface area contributed by atoms with E-state index in [4.69, 9.17) is 9.47 Å². The van der Waals surface area contributed by atoms with Crippen LogP contribution in [-0.4, -0.2) is 57.0 Å². The van der Waals surface area contributed by atoms with Crippen molar-refractivity contribution in [3.63, 3.8) is 0 Å². The Morgan fingerprint density at radius 2 is 1.53 bits per heavy atom. The Labute approximate surface area is 204 Å². The fourth-order valence-electron chi connectivity index (χ4n) is 4.23. The predicted octanol–water partition coefficient (Wildman–Crippen LogP) is 6.42. The minimum absolute atomic E-state index is 0.0307. The highest BCUT2D eigenvalue weighted by Gasteiger charge is 2.34. The van der Waals surface area contributed by atoms with Gasteiger partial charge in [0.15, 0.2) is 0 Å². The minimum Gasteiger partial charge on any atom is -0.477 e. The molecule has 3 heterocycles. The maximum Gasteiger partial charge on any atom is 0.419 e. The highest BCUT2D eigenvalue weighted by molar-refractivity contribution is 7.19. The van der Waals surface area contributed by atoms with Crippen molar-refractivity contribution in [2.45, 2.75) is 91.3 Å². The van der Waals surface area contributed by atoms with Gasteiger partial charge in [-0.15, -0.1) is 11.3 Å². The van der Waals surface area contributed by atoms with E-state index in [2.05, 4.69) is 0 Å². The molecule has 0 unspecified atom stereocenters. The van der Waals surface area contributed by atoms with E-state index < -0.39 is 23.3 Å². The molecule has 0 atom stereocenters. The van der Waals surface area contributed by atoms with Gasteiger partial charge in [0.05, 0.1) is 10.2 Å². The number of ether oxygens (including phenoxy) is 2. The van der Waals surface area contributed by atoms with E-state index >= 15 is 0 Å². The molecule has 8 nitrogen and oxygen atoms in total. The smallest absolute Gasteiger partial charge is 0.419 e. The van der Waals surface area contributed by atoms with E-state index in [0.717, 1.165) is 22.4 Å². The van der Waals surface area contributed by atoms with Crippen LogP contribution in [0.1, 0.15) is 101 Å². The first-order chi connectivity index (χ1) is 15.6. The summed E-state index contributed by atoms with van der Waals surface area (Å²) in [7, 11) is 0. The fraction of sp³-hybridized carbons (Fsp3) is 0.640. The van der Waals surface area contributed by atoms with Gasteiger partial charge < -0.3 is 19.5 Å². The van der Waals surface area contributed by atoms with Crippen molar-refractivity contribution in [1.82, 2.24) is 9.47 Å². The number of rotatable bonds is 3. The second kappa shape index (κ2) is 9.24. The molecule has 0 aliphatic carbocycles. The van der Waals surface area contributed by atoms with Gasteiger partial charge in [0.25, 0.3) is 0 Å².